The Morgan fingerprint density at radius 1 is 1.08 bits per heavy atom. The van der Waals surface area contributed by atoms with Crippen LogP contribution in [0.25, 0.3) is 0 Å². The lowest BCUT2D eigenvalue weighted by Crippen LogP contribution is -2.14. The van der Waals surface area contributed by atoms with Gasteiger partial charge in [-0.05, 0) is 17.7 Å². The zero-order valence-electron chi connectivity index (χ0n) is 13.1. The van der Waals surface area contributed by atoms with E-state index in [-0.39, 0.29) is 17.3 Å². The highest BCUT2D eigenvalue weighted by molar-refractivity contribution is 8.01. The molecule has 0 unspecified atom stereocenters. The maximum atomic E-state index is 13.5. The number of nitrogens with zero attached hydrogens (tertiary/aromatic N) is 2. The van der Waals surface area contributed by atoms with Crippen molar-refractivity contribution in [2.24, 2.45) is 0 Å². The number of carbonyl (C=O) groups is 1. The molecule has 8 heteroatoms. The molecule has 2 aromatic carbocycles. The molecule has 0 saturated carbocycles. The Hall–Kier alpha value is -2.45. The van der Waals surface area contributed by atoms with Crippen molar-refractivity contribution >= 4 is 39.8 Å². The van der Waals surface area contributed by atoms with Gasteiger partial charge in [0.05, 0.1) is 11.4 Å². The third-order valence-electron chi connectivity index (χ3n) is 3.17. The number of halogens is 1. The van der Waals surface area contributed by atoms with Crippen molar-refractivity contribution in [2.45, 2.75) is 10.9 Å². The molecular weight excluding hydrogens is 359 g/mol. The number of benzene rings is 2. The number of aromatic nitrogens is 2. The van der Waals surface area contributed by atoms with Crippen LogP contribution in [0.5, 0.6) is 0 Å². The minimum atomic E-state index is -0.454. The molecule has 25 heavy (non-hydrogen) atoms. The highest BCUT2D eigenvalue weighted by atomic mass is 32.2. The lowest BCUT2D eigenvalue weighted by atomic mass is 10.2. The van der Waals surface area contributed by atoms with Gasteiger partial charge in [-0.1, -0.05) is 65.6 Å². The van der Waals surface area contributed by atoms with E-state index in [2.05, 4.69) is 20.8 Å². The van der Waals surface area contributed by atoms with Crippen LogP contribution >= 0.6 is 23.1 Å². The first-order valence-electron chi connectivity index (χ1n) is 7.49. The molecule has 5 nitrogen and oxygen atoms in total. The summed E-state index contributed by atoms with van der Waals surface area (Å²) in [5.74, 6) is -0.602. The van der Waals surface area contributed by atoms with E-state index in [0.29, 0.717) is 16.0 Å². The fraction of sp³-hybridized carbons (Fsp3) is 0.118. The van der Waals surface area contributed by atoms with Crippen LogP contribution < -0.4 is 10.6 Å². The quantitative estimate of drug-likeness (QED) is 0.612. The van der Waals surface area contributed by atoms with Crippen LogP contribution in [0.2, 0.25) is 0 Å². The molecule has 0 fully saturated rings. The first kappa shape index (κ1) is 17.4. The smallest absolute Gasteiger partial charge is 0.234 e. The Bertz CT molecular complexity index is 841. The number of nitrogens with one attached hydrogen (secondary N) is 2. The summed E-state index contributed by atoms with van der Waals surface area (Å²) in [6.07, 6.45) is 0. The molecule has 128 valence electrons. The maximum Gasteiger partial charge on any atom is 0.234 e. The SMILES string of the molecule is O=C(CSc1nnc(NCc2ccccc2)s1)Nc1ccccc1F. The molecule has 0 spiro atoms. The first-order valence-corrected chi connectivity index (χ1v) is 9.29. The van der Waals surface area contributed by atoms with E-state index in [9.17, 15) is 9.18 Å². The van der Waals surface area contributed by atoms with E-state index in [1.54, 1.807) is 12.1 Å². The van der Waals surface area contributed by atoms with Gasteiger partial charge in [0.15, 0.2) is 4.34 Å². The summed E-state index contributed by atoms with van der Waals surface area (Å²) in [6.45, 7) is 0.661. The van der Waals surface area contributed by atoms with Crippen molar-refractivity contribution in [1.29, 1.82) is 0 Å². The van der Waals surface area contributed by atoms with Crippen LogP contribution in [0, 0.1) is 5.82 Å². The molecule has 1 amide bonds. The normalized spacial score (nSPS) is 10.4. The van der Waals surface area contributed by atoms with Crippen LogP contribution in [-0.2, 0) is 11.3 Å². The van der Waals surface area contributed by atoms with Gasteiger partial charge < -0.3 is 10.6 Å². The molecule has 3 aromatic rings. The highest BCUT2D eigenvalue weighted by Crippen LogP contribution is 2.26. The van der Waals surface area contributed by atoms with E-state index in [1.165, 1.54) is 35.2 Å². The first-order chi connectivity index (χ1) is 12.2. The molecule has 0 aliphatic rings. The van der Waals surface area contributed by atoms with E-state index < -0.39 is 5.82 Å². The molecule has 0 aliphatic heterocycles. The molecular formula is C17H15FN4OS2. The van der Waals surface area contributed by atoms with Crippen LogP contribution in [0.3, 0.4) is 0 Å². The predicted molar refractivity (Wildman–Crippen MR) is 99.4 cm³/mol. The molecule has 3 rings (SSSR count). The fourth-order valence-corrected chi connectivity index (χ4v) is 3.54. The number of thioether (sulfide) groups is 1. The number of anilines is 2. The molecule has 1 heterocycles. The summed E-state index contributed by atoms with van der Waals surface area (Å²) < 4.78 is 14.2. The largest absolute Gasteiger partial charge is 0.356 e. The summed E-state index contributed by atoms with van der Waals surface area (Å²) in [5, 5.41) is 14.5. The Kier molecular flexibility index (Phi) is 5.97. The lowest BCUT2D eigenvalue weighted by Gasteiger charge is -2.04. The van der Waals surface area contributed by atoms with Gasteiger partial charge in [0.25, 0.3) is 0 Å². The van der Waals surface area contributed by atoms with Crippen LogP contribution in [-0.4, -0.2) is 21.9 Å². The van der Waals surface area contributed by atoms with Crippen LogP contribution in [0.15, 0.2) is 58.9 Å². The van der Waals surface area contributed by atoms with Crippen molar-refractivity contribution in [3.63, 3.8) is 0 Å². The summed E-state index contributed by atoms with van der Waals surface area (Å²) in [6, 6.07) is 16.0. The molecule has 0 aliphatic carbocycles. The van der Waals surface area contributed by atoms with Crippen molar-refractivity contribution in [3.8, 4) is 0 Å². The summed E-state index contributed by atoms with van der Waals surface area (Å²) >= 11 is 2.65. The van der Waals surface area contributed by atoms with Gasteiger partial charge >= 0.3 is 0 Å². The standard InChI is InChI=1S/C17H15FN4OS2/c18-13-8-4-5-9-14(13)20-15(23)11-24-17-22-21-16(25-17)19-10-12-6-2-1-3-7-12/h1-9H,10-11H2,(H,19,21)(H,20,23). The third kappa shape index (κ3) is 5.27. The maximum absolute atomic E-state index is 13.5. The van der Waals surface area contributed by atoms with Crippen molar-refractivity contribution in [2.75, 3.05) is 16.4 Å². The number of hydrogen-bond acceptors (Lipinski definition) is 6. The van der Waals surface area contributed by atoms with Crippen molar-refractivity contribution < 1.29 is 9.18 Å². The third-order valence-corrected chi connectivity index (χ3v) is 5.18. The van der Waals surface area contributed by atoms with Gasteiger partial charge in [0.2, 0.25) is 11.0 Å². The lowest BCUT2D eigenvalue weighted by molar-refractivity contribution is -0.113. The van der Waals surface area contributed by atoms with E-state index in [4.69, 9.17) is 0 Å². The Morgan fingerprint density at radius 2 is 1.84 bits per heavy atom. The van der Waals surface area contributed by atoms with Gasteiger partial charge in [0, 0.05) is 6.54 Å². The van der Waals surface area contributed by atoms with Gasteiger partial charge in [0.1, 0.15) is 5.82 Å². The molecule has 0 atom stereocenters. The highest BCUT2D eigenvalue weighted by Gasteiger charge is 2.10. The number of carbonyl (C=O) groups excluding carboxylic acids is 1. The Balaban J connectivity index is 1.47. The second-order valence-electron chi connectivity index (χ2n) is 5.03. The van der Waals surface area contributed by atoms with E-state index >= 15 is 0 Å². The molecule has 0 bridgehead atoms. The Labute approximate surface area is 152 Å². The number of hydrogen-bond donors (Lipinski definition) is 2. The Morgan fingerprint density at radius 3 is 2.64 bits per heavy atom. The molecule has 0 radical (unpaired) electrons. The minimum absolute atomic E-state index is 0.141. The fourth-order valence-electron chi connectivity index (χ4n) is 1.99. The predicted octanol–water partition coefficient (Wildman–Crippen LogP) is 4.02. The van der Waals surface area contributed by atoms with E-state index in [0.717, 1.165) is 5.56 Å². The molecule has 2 N–H and O–H groups in total. The number of amides is 1. The second-order valence-corrected chi connectivity index (χ2v) is 7.23. The summed E-state index contributed by atoms with van der Waals surface area (Å²) in [5.41, 5.74) is 1.33. The van der Waals surface area contributed by atoms with Crippen LogP contribution in [0.4, 0.5) is 15.2 Å². The second kappa shape index (κ2) is 8.59. The minimum Gasteiger partial charge on any atom is -0.356 e. The van der Waals surface area contributed by atoms with Gasteiger partial charge in [-0.25, -0.2) is 4.39 Å². The van der Waals surface area contributed by atoms with Gasteiger partial charge in [-0.3, -0.25) is 4.79 Å². The number of para-hydroxylation sites is 1. The van der Waals surface area contributed by atoms with Crippen molar-refractivity contribution in [3.05, 3.63) is 66.0 Å². The van der Waals surface area contributed by atoms with E-state index in [1.807, 2.05) is 30.3 Å². The average Bonchev–Trinajstić information content (AvgIpc) is 3.09. The average molecular weight is 374 g/mol. The topological polar surface area (TPSA) is 66.9 Å². The molecule has 1 aromatic heterocycles. The summed E-state index contributed by atoms with van der Waals surface area (Å²) in [4.78, 5) is 11.9. The summed E-state index contributed by atoms with van der Waals surface area (Å²) in [7, 11) is 0. The van der Waals surface area contributed by atoms with Crippen LogP contribution in [0.1, 0.15) is 5.56 Å². The van der Waals surface area contributed by atoms with Crippen molar-refractivity contribution in [1.82, 2.24) is 10.2 Å². The monoisotopic (exact) mass is 374 g/mol. The van der Waals surface area contributed by atoms with Gasteiger partial charge in [-0.2, -0.15) is 0 Å². The zero-order chi connectivity index (χ0) is 17.5. The van der Waals surface area contributed by atoms with Gasteiger partial charge in [-0.15, -0.1) is 10.2 Å². The number of rotatable bonds is 7. The zero-order valence-corrected chi connectivity index (χ0v) is 14.7. The molecule has 0 saturated heterocycles.